The highest BCUT2D eigenvalue weighted by atomic mass is 16.5. The van der Waals surface area contributed by atoms with Crippen LogP contribution in [0.15, 0.2) is 30.3 Å². The normalized spacial score (nSPS) is 24.4. The highest BCUT2D eigenvalue weighted by molar-refractivity contribution is 5.27. The van der Waals surface area contributed by atoms with Crippen LogP contribution in [0.2, 0.25) is 0 Å². The van der Waals surface area contributed by atoms with Gasteiger partial charge in [-0.05, 0) is 43.7 Å². The molecule has 0 aliphatic heterocycles. The summed E-state index contributed by atoms with van der Waals surface area (Å²) >= 11 is 0. The third-order valence-electron chi connectivity index (χ3n) is 4.32. The van der Waals surface area contributed by atoms with Crippen molar-refractivity contribution in [3.05, 3.63) is 35.9 Å². The van der Waals surface area contributed by atoms with Crippen LogP contribution in [0.5, 0.6) is 0 Å². The molecular formula is C18H29NO. The van der Waals surface area contributed by atoms with Crippen molar-refractivity contribution in [2.45, 2.75) is 58.1 Å². The van der Waals surface area contributed by atoms with E-state index in [1.54, 1.807) is 0 Å². The summed E-state index contributed by atoms with van der Waals surface area (Å²) in [6.07, 6.45) is 4.01. The van der Waals surface area contributed by atoms with Gasteiger partial charge in [0, 0.05) is 12.6 Å². The third-order valence-corrected chi connectivity index (χ3v) is 4.32. The summed E-state index contributed by atoms with van der Waals surface area (Å²) in [7, 11) is 0. The summed E-state index contributed by atoms with van der Waals surface area (Å²) in [5.74, 6) is 1.46. The minimum absolute atomic E-state index is 0.365. The molecule has 1 N–H and O–H groups in total. The minimum atomic E-state index is 0.365. The van der Waals surface area contributed by atoms with Gasteiger partial charge in [0.25, 0.3) is 0 Å². The summed E-state index contributed by atoms with van der Waals surface area (Å²) in [6.45, 7) is 8.39. The van der Waals surface area contributed by atoms with Crippen molar-refractivity contribution in [1.82, 2.24) is 5.32 Å². The van der Waals surface area contributed by atoms with Gasteiger partial charge in [-0.15, -0.1) is 0 Å². The van der Waals surface area contributed by atoms with Crippen LogP contribution in [0, 0.1) is 5.92 Å². The molecule has 0 spiro atoms. The van der Waals surface area contributed by atoms with Crippen LogP contribution >= 0.6 is 0 Å². The zero-order valence-corrected chi connectivity index (χ0v) is 13.1. The van der Waals surface area contributed by atoms with E-state index in [1.165, 1.54) is 18.4 Å². The smallest absolute Gasteiger partial charge is 0.0730 e. The number of benzene rings is 1. The maximum Gasteiger partial charge on any atom is 0.0730 e. The van der Waals surface area contributed by atoms with Crippen LogP contribution in [-0.4, -0.2) is 25.3 Å². The molecule has 0 heterocycles. The molecule has 1 aliphatic carbocycles. The summed E-state index contributed by atoms with van der Waals surface area (Å²) in [5.41, 5.74) is 1.49. The van der Waals surface area contributed by atoms with Crippen molar-refractivity contribution in [3.8, 4) is 0 Å². The molecule has 0 aromatic heterocycles. The largest absolute Gasteiger partial charge is 0.377 e. The van der Waals surface area contributed by atoms with Crippen LogP contribution < -0.4 is 5.32 Å². The average Bonchev–Trinajstić information content (AvgIpc) is 3.26. The Balaban J connectivity index is 2.02. The van der Waals surface area contributed by atoms with E-state index in [4.69, 9.17) is 4.74 Å². The van der Waals surface area contributed by atoms with Crippen molar-refractivity contribution in [3.63, 3.8) is 0 Å². The summed E-state index contributed by atoms with van der Waals surface area (Å²) < 4.78 is 6.02. The molecule has 1 fully saturated rings. The molecule has 1 aliphatic rings. The summed E-state index contributed by atoms with van der Waals surface area (Å²) in [5, 5.41) is 3.69. The lowest BCUT2D eigenvalue weighted by molar-refractivity contribution is 0.0222. The number of hydrogen-bond donors (Lipinski definition) is 1. The van der Waals surface area contributed by atoms with Gasteiger partial charge in [0.2, 0.25) is 0 Å². The Morgan fingerprint density at radius 1 is 1.20 bits per heavy atom. The Bertz CT molecular complexity index is 372. The Morgan fingerprint density at radius 3 is 2.55 bits per heavy atom. The molecule has 20 heavy (non-hydrogen) atoms. The quantitative estimate of drug-likeness (QED) is 0.736. The van der Waals surface area contributed by atoms with Gasteiger partial charge in [0.05, 0.1) is 6.10 Å². The maximum absolute atomic E-state index is 6.02. The maximum atomic E-state index is 6.02. The number of nitrogens with one attached hydrogen (secondary N) is 1. The molecule has 1 aromatic carbocycles. The predicted molar refractivity (Wildman–Crippen MR) is 85.1 cm³/mol. The molecule has 4 atom stereocenters. The van der Waals surface area contributed by atoms with Crippen LogP contribution in [0.4, 0.5) is 0 Å². The van der Waals surface area contributed by atoms with E-state index < -0.39 is 0 Å². The molecule has 2 nitrogen and oxygen atoms in total. The van der Waals surface area contributed by atoms with Crippen LogP contribution in [0.3, 0.4) is 0 Å². The Labute approximate surface area is 123 Å². The lowest BCUT2D eigenvalue weighted by atomic mass is 9.98. The minimum Gasteiger partial charge on any atom is -0.377 e. The van der Waals surface area contributed by atoms with Crippen molar-refractivity contribution < 1.29 is 4.74 Å². The van der Waals surface area contributed by atoms with Crippen molar-refractivity contribution in [2.24, 2.45) is 5.92 Å². The molecule has 0 amide bonds. The second-order valence-electron chi connectivity index (χ2n) is 5.78. The highest BCUT2D eigenvalue weighted by Crippen LogP contribution is 2.50. The van der Waals surface area contributed by atoms with Gasteiger partial charge < -0.3 is 10.1 Å². The van der Waals surface area contributed by atoms with E-state index in [0.717, 1.165) is 31.4 Å². The molecule has 1 saturated carbocycles. The monoisotopic (exact) mass is 275 g/mol. The zero-order valence-electron chi connectivity index (χ0n) is 13.1. The van der Waals surface area contributed by atoms with Crippen molar-refractivity contribution in [1.29, 1.82) is 0 Å². The van der Waals surface area contributed by atoms with Gasteiger partial charge in [-0.1, -0.05) is 50.6 Å². The van der Waals surface area contributed by atoms with E-state index in [9.17, 15) is 0 Å². The van der Waals surface area contributed by atoms with Crippen molar-refractivity contribution in [2.75, 3.05) is 13.2 Å². The number of ether oxygens (including phenoxy) is 1. The zero-order chi connectivity index (χ0) is 14.4. The Kier molecular flexibility index (Phi) is 6.06. The van der Waals surface area contributed by atoms with Crippen LogP contribution in [0.1, 0.15) is 51.5 Å². The van der Waals surface area contributed by atoms with Crippen LogP contribution in [0.25, 0.3) is 0 Å². The molecule has 112 valence electrons. The molecule has 0 saturated heterocycles. The van der Waals surface area contributed by atoms with Gasteiger partial charge in [0.15, 0.2) is 0 Å². The summed E-state index contributed by atoms with van der Waals surface area (Å²) in [6, 6.07) is 11.4. The van der Waals surface area contributed by atoms with E-state index in [0.29, 0.717) is 12.1 Å². The molecule has 2 heteroatoms. The molecular weight excluding hydrogens is 246 g/mol. The SMILES string of the molecule is CCCC(OCC)C(NCC)C1CC1c1ccccc1. The fourth-order valence-corrected chi connectivity index (χ4v) is 3.35. The molecule has 0 bridgehead atoms. The third kappa shape index (κ3) is 3.83. The van der Waals surface area contributed by atoms with Gasteiger partial charge in [-0.2, -0.15) is 0 Å². The van der Waals surface area contributed by atoms with E-state index in [-0.39, 0.29) is 0 Å². The topological polar surface area (TPSA) is 21.3 Å². The molecule has 1 aromatic rings. The molecule has 4 unspecified atom stereocenters. The first-order valence-corrected chi connectivity index (χ1v) is 8.21. The van der Waals surface area contributed by atoms with E-state index in [1.807, 2.05) is 0 Å². The lowest BCUT2D eigenvalue weighted by Crippen LogP contribution is -2.43. The average molecular weight is 275 g/mol. The van der Waals surface area contributed by atoms with Gasteiger partial charge in [0.1, 0.15) is 0 Å². The van der Waals surface area contributed by atoms with E-state index in [2.05, 4.69) is 56.4 Å². The highest BCUT2D eigenvalue weighted by Gasteiger charge is 2.46. The predicted octanol–water partition coefficient (Wildman–Crippen LogP) is 3.97. The first-order chi connectivity index (χ1) is 9.81. The first-order valence-electron chi connectivity index (χ1n) is 8.21. The van der Waals surface area contributed by atoms with Crippen molar-refractivity contribution >= 4 is 0 Å². The lowest BCUT2D eigenvalue weighted by Gasteiger charge is -2.28. The number of likely N-dealkylation sites (N-methyl/N-ethyl adjacent to an activating group) is 1. The van der Waals surface area contributed by atoms with Crippen LogP contribution in [-0.2, 0) is 4.74 Å². The Hall–Kier alpha value is -0.860. The fourth-order valence-electron chi connectivity index (χ4n) is 3.35. The number of rotatable bonds is 9. The fraction of sp³-hybridized carbons (Fsp3) is 0.667. The van der Waals surface area contributed by atoms with Gasteiger partial charge in [-0.25, -0.2) is 0 Å². The van der Waals surface area contributed by atoms with Gasteiger partial charge in [-0.3, -0.25) is 0 Å². The molecule has 2 rings (SSSR count). The second kappa shape index (κ2) is 7.80. The summed E-state index contributed by atoms with van der Waals surface area (Å²) in [4.78, 5) is 0. The molecule has 0 radical (unpaired) electrons. The van der Waals surface area contributed by atoms with E-state index >= 15 is 0 Å². The number of hydrogen-bond acceptors (Lipinski definition) is 2. The standard InChI is InChI=1S/C18H29NO/c1-4-10-17(20-6-3)18(19-5-2)16-13-15(16)14-11-8-7-9-12-14/h7-9,11-12,15-19H,4-6,10,13H2,1-3H3. The Morgan fingerprint density at radius 2 is 1.95 bits per heavy atom. The second-order valence-corrected chi connectivity index (χ2v) is 5.78. The first kappa shape index (κ1) is 15.5. The van der Waals surface area contributed by atoms with Gasteiger partial charge >= 0.3 is 0 Å².